The predicted octanol–water partition coefficient (Wildman–Crippen LogP) is 1.79. The third-order valence-corrected chi connectivity index (χ3v) is 1.96. The fourth-order valence-corrected chi connectivity index (χ4v) is 0.883. The number of carbonyl (C=O) groups is 2. The molecule has 64 valence electrons. The minimum absolute atomic E-state index is 0.131. The minimum atomic E-state index is -2.03. The number of hydrogen-bond acceptors (Lipinski definition) is 2. The number of hydrogen-bond donors (Lipinski definition) is 0. The molecule has 0 atom stereocenters. The molecule has 0 heterocycles. The van der Waals surface area contributed by atoms with Gasteiger partial charge in [0.05, 0.1) is 0 Å². The molecule has 0 N–H and O–H groups in total. The van der Waals surface area contributed by atoms with Crippen molar-refractivity contribution in [1.29, 1.82) is 0 Å². The third kappa shape index (κ3) is 1.61. The summed E-state index contributed by atoms with van der Waals surface area (Å²) in [6.45, 7) is 2.80. The molecular weight excluding hydrogens is 154 g/mol. The van der Waals surface area contributed by atoms with Gasteiger partial charge in [0.2, 0.25) is 0 Å². The summed E-state index contributed by atoms with van der Waals surface area (Å²) in [5, 5.41) is 0. The molecule has 0 aromatic heterocycles. The van der Waals surface area contributed by atoms with Crippen LogP contribution in [0, 0.1) is 5.41 Å². The van der Waals surface area contributed by atoms with E-state index in [0.717, 1.165) is 0 Å². The highest BCUT2D eigenvalue weighted by Crippen LogP contribution is 2.29. The molecule has 0 amide bonds. The third-order valence-electron chi connectivity index (χ3n) is 1.96. The first-order valence-corrected chi connectivity index (χ1v) is 3.41. The maximum absolute atomic E-state index is 12.2. The first-order valence-electron chi connectivity index (χ1n) is 3.41. The second-order valence-electron chi connectivity index (χ2n) is 2.34. The molecule has 0 aliphatic heterocycles. The molecule has 2 nitrogen and oxygen atoms in total. The van der Waals surface area contributed by atoms with Crippen LogP contribution in [0.2, 0.25) is 0 Å². The van der Waals surface area contributed by atoms with E-state index in [-0.39, 0.29) is 12.8 Å². The first kappa shape index (κ1) is 10.2. The molecule has 0 radical (unpaired) electrons. The van der Waals surface area contributed by atoms with Crippen molar-refractivity contribution in [2.75, 3.05) is 0 Å². The molecule has 0 aliphatic rings. The van der Waals surface area contributed by atoms with E-state index in [1.807, 2.05) is 0 Å². The van der Waals surface area contributed by atoms with Gasteiger partial charge in [0.25, 0.3) is 0 Å². The number of rotatable bonds is 4. The van der Waals surface area contributed by atoms with Gasteiger partial charge in [0.15, 0.2) is 5.41 Å². The van der Waals surface area contributed by atoms with Crippen LogP contribution >= 0.6 is 0 Å². The summed E-state index contributed by atoms with van der Waals surface area (Å²) in [4.78, 5) is 20.5. The van der Waals surface area contributed by atoms with Gasteiger partial charge >= 0.3 is 12.1 Å². The Hall–Kier alpha value is -0.800. The first-order chi connectivity index (χ1) is 5.01. The lowest BCUT2D eigenvalue weighted by atomic mass is 9.84. The highest BCUT2D eigenvalue weighted by molar-refractivity contribution is 5.98. The number of halogens is 2. The molecule has 0 aromatic carbocycles. The van der Waals surface area contributed by atoms with Gasteiger partial charge in [-0.2, -0.15) is 8.78 Å². The summed E-state index contributed by atoms with van der Waals surface area (Å²) >= 11 is 0. The average molecular weight is 164 g/mol. The SMILES string of the molecule is CCC(CC)(C(=O)F)C(=O)F. The van der Waals surface area contributed by atoms with E-state index in [9.17, 15) is 18.4 Å². The highest BCUT2D eigenvalue weighted by atomic mass is 19.1. The number of carbonyl (C=O) groups excluding carboxylic acids is 2. The van der Waals surface area contributed by atoms with E-state index in [1.54, 1.807) is 0 Å². The topological polar surface area (TPSA) is 34.1 Å². The average Bonchev–Trinajstić information content (AvgIpc) is 1.90. The van der Waals surface area contributed by atoms with Crippen molar-refractivity contribution >= 4 is 12.1 Å². The molecule has 0 saturated carbocycles. The standard InChI is InChI=1S/C7H10F2O2/c1-3-7(4-2,5(8)10)6(9)11/h3-4H2,1-2H3. The normalized spacial score (nSPS) is 11.3. The summed E-state index contributed by atoms with van der Waals surface area (Å²) in [5.74, 6) is 0. The zero-order chi connectivity index (χ0) is 9.07. The van der Waals surface area contributed by atoms with Crippen molar-refractivity contribution in [3.05, 3.63) is 0 Å². The molecule has 0 unspecified atom stereocenters. The maximum atomic E-state index is 12.2. The predicted molar refractivity (Wildman–Crippen MR) is 35.2 cm³/mol. The Kier molecular flexibility index (Phi) is 3.29. The van der Waals surface area contributed by atoms with E-state index in [1.165, 1.54) is 13.8 Å². The monoisotopic (exact) mass is 164 g/mol. The van der Waals surface area contributed by atoms with E-state index in [2.05, 4.69) is 0 Å². The summed E-state index contributed by atoms with van der Waals surface area (Å²) in [7, 11) is 0. The quantitative estimate of drug-likeness (QED) is 0.469. The largest absolute Gasteiger partial charge is 0.317 e. The van der Waals surface area contributed by atoms with Gasteiger partial charge in [-0.1, -0.05) is 13.8 Å². The van der Waals surface area contributed by atoms with Gasteiger partial charge in [0, 0.05) is 0 Å². The minimum Gasteiger partial charge on any atom is -0.260 e. The summed E-state index contributed by atoms with van der Waals surface area (Å²) in [6.07, 6.45) is -0.262. The molecule has 0 rings (SSSR count). The van der Waals surface area contributed by atoms with Crippen molar-refractivity contribution in [2.45, 2.75) is 26.7 Å². The Morgan fingerprint density at radius 2 is 1.36 bits per heavy atom. The molecule has 0 spiro atoms. The van der Waals surface area contributed by atoms with Gasteiger partial charge in [-0.25, -0.2) is 0 Å². The highest BCUT2D eigenvalue weighted by Gasteiger charge is 2.43. The van der Waals surface area contributed by atoms with Crippen LogP contribution < -0.4 is 0 Å². The van der Waals surface area contributed by atoms with Gasteiger partial charge in [-0.15, -0.1) is 0 Å². The fourth-order valence-electron chi connectivity index (χ4n) is 0.883. The van der Waals surface area contributed by atoms with Crippen LogP contribution in [0.25, 0.3) is 0 Å². The summed E-state index contributed by atoms with van der Waals surface area (Å²) in [5.41, 5.74) is -2.03. The van der Waals surface area contributed by atoms with Crippen LogP contribution in [0.4, 0.5) is 8.78 Å². The van der Waals surface area contributed by atoms with Crippen LogP contribution in [0.15, 0.2) is 0 Å². The van der Waals surface area contributed by atoms with Crippen molar-refractivity contribution in [3.63, 3.8) is 0 Å². The zero-order valence-corrected chi connectivity index (χ0v) is 6.49. The Morgan fingerprint density at radius 3 is 1.36 bits per heavy atom. The van der Waals surface area contributed by atoms with E-state index in [4.69, 9.17) is 0 Å². The van der Waals surface area contributed by atoms with E-state index < -0.39 is 17.5 Å². The Morgan fingerprint density at radius 1 is 1.09 bits per heavy atom. The Labute approximate surface area is 63.6 Å². The van der Waals surface area contributed by atoms with Crippen molar-refractivity contribution in [1.82, 2.24) is 0 Å². The lowest BCUT2D eigenvalue weighted by Crippen LogP contribution is -2.33. The van der Waals surface area contributed by atoms with Crippen LogP contribution in [0.5, 0.6) is 0 Å². The molecule has 4 heteroatoms. The van der Waals surface area contributed by atoms with Gasteiger partial charge < -0.3 is 0 Å². The van der Waals surface area contributed by atoms with Crippen molar-refractivity contribution in [3.8, 4) is 0 Å². The van der Waals surface area contributed by atoms with Gasteiger partial charge in [0.1, 0.15) is 0 Å². The molecule has 0 saturated heterocycles. The van der Waals surface area contributed by atoms with Crippen molar-refractivity contribution in [2.24, 2.45) is 5.41 Å². The Balaban J connectivity index is 4.76. The smallest absolute Gasteiger partial charge is 0.260 e. The molecule has 11 heavy (non-hydrogen) atoms. The van der Waals surface area contributed by atoms with Crippen molar-refractivity contribution < 1.29 is 18.4 Å². The lowest BCUT2D eigenvalue weighted by molar-refractivity contribution is -0.155. The van der Waals surface area contributed by atoms with Crippen LogP contribution in [-0.4, -0.2) is 12.1 Å². The second-order valence-corrected chi connectivity index (χ2v) is 2.34. The molecule has 0 bridgehead atoms. The van der Waals surface area contributed by atoms with Gasteiger partial charge in [-0.05, 0) is 12.8 Å². The van der Waals surface area contributed by atoms with Gasteiger partial charge in [-0.3, -0.25) is 9.59 Å². The molecular formula is C7H10F2O2. The van der Waals surface area contributed by atoms with E-state index >= 15 is 0 Å². The molecule has 0 aliphatic carbocycles. The van der Waals surface area contributed by atoms with Crippen LogP contribution in [-0.2, 0) is 9.59 Å². The zero-order valence-electron chi connectivity index (χ0n) is 6.49. The van der Waals surface area contributed by atoms with Crippen LogP contribution in [0.1, 0.15) is 26.7 Å². The fraction of sp³-hybridized carbons (Fsp3) is 0.714. The molecule has 0 aromatic rings. The maximum Gasteiger partial charge on any atom is 0.317 e. The van der Waals surface area contributed by atoms with E-state index in [0.29, 0.717) is 0 Å². The summed E-state index contributed by atoms with van der Waals surface area (Å²) < 4.78 is 24.3. The lowest BCUT2D eigenvalue weighted by Gasteiger charge is -2.18. The Bertz CT molecular complexity index is 157. The second kappa shape index (κ2) is 3.55. The van der Waals surface area contributed by atoms with Crippen LogP contribution in [0.3, 0.4) is 0 Å². The summed E-state index contributed by atoms with van der Waals surface area (Å²) in [6, 6.07) is -3.76. The molecule has 0 fully saturated rings.